The molecular weight excluding hydrogens is 552 g/mol. The molecule has 8 heteroatoms. The van der Waals surface area contributed by atoms with Crippen molar-refractivity contribution in [1.82, 2.24) is 24.8 Å². The number of hydrogen-bond donors (Lipinski definition) is 0. The molecule has 6 rings (SSSR count). The van der Waals surface area contributed by atoms with Gasteiger partial charge >= 0.3 is 0 Å². The fourth-order valence-corrected chi connectivity index (χ4v) is 7.44. The summed E-state index contributed by atoms with van der Waals surface area (Å²) >= 11 is 1.73. The molecule has 4 heterocycles. The van der Waals surface area contributed by atoms with E-state index in [0.29, 0.717) is 17.4 Å². The molecular formula is C35H42N6OS. The highest BCUT2D eigenvalue weighted by Crippen LogP contribution is 2.34. The molecule has 2 aromatic carbocycles. The lowest BCUT2D eigenvalue weighted by atomic mass is 9.85. The SMILES string of the molecule is Cc1nc(CN(c2ccccc2)C2CCN(C3(C)CCN(C(=O)c4c(C)nc(-c5ccccc5)nc4C)CC3)CC2)cs1. The number of thiazole rings is 1. The van der Waals surface area contributed by atoms with Crippen molar-refractivity contribution in [3.8, 4) is 11.4 Å². The van der Waals surface area contributed by atoms with E-state index in [1.807, 2.05) is 49.1 Å². The topological polar surface area (TPSA) is 65.5 Å². The standard InChI is InChI=1S/C35H42N6OS/c1-25-32(26(2)37-33(36-25)28-11-7-5-8-12-28)34(42)39-21-17-35(4,18-22-39)40-19-15-31(16-20-40)41(30-13-9-6-10-14-30)23-29-24-43-27(3)38-29/h5-14,24,31H,15-23H2,1-4H3. The van der Waals surface area contributed by atoms with Crippen LogP contribution in [-0.4, -0.2) is 68.4 Å². The summed E-state index contributed by atoms with van der Waals surface area (Å²) in [5, 5.41) is 3.32. The smallest absolute Gasteiger partial charge is 0.257 e. The van der Waals surface area contributed by atoms with Crippen LogP contribution in [-0.2, 0) is 6.54 Å². The summed E-state index contributed by atoms with van der Waals surface area (Å²) in [6.07, 6.45) is 4.20. The monoisotopic (exact) mass is 594 g/mol. The Morgan fingerprint density at radius 2 is 1.49 bits per heavy atom. The summed E-state index contributed by atoms with van der Waals surface area (Å²) in [5.74, 6) is 0.737. The molecule has 0 unspecified atom stereocenters. The van der Waals surface area contributed by atoms with Crippen LogP contribution in [0.25, 0.3) is 11.4 Å². The quantitative estimate of drug-likeness (QED) is 0.238. The predicted molar refractivity (Wildman–Crippen MR) is 175 cm³/mol. The van der Waals surface area contributed by atoms with Crippen molar-refractivity contribution in [3.05, 3.63) is 93.7 Å². The number of piperidine rings is 2. The van der Waals surface area contributed by atoms with Crippen LogP contribution in [0.3, 0.4) is 0 Å². The van der Waals surface area contributed by atoms with Crippen molar-refractivity contribution in [1.29, 1.82) is 0 Å². The van der Waals surface area contributed by atoms with E-state index < -0.39 is 0 Å². The Hall–Kier alpha value is -3.62. The highest BCUT2D eigenvalue weighted by Gasteiger charge is 2.40. The van der Waals surface area contributed by atoms with Crippen LogP contribution < -0.4 is 4.90 Å². The molecule has 0 atom stereocenters. The number of benzene rings is 2. The lowest BCUT2D eigenvalue weighted by Gasteiger charge is -2.50. The molecule has 0 N–H and O–H groups in total. The maximum absolute atomic E-state index is 13.7. The maximum Gasteiger partial charge on any atom is 0.257 e. The lowest BCUT2D eigenvalue weighted by molar-refractivity contribution is 0.0170. The molecule has 0 bridgehead atoms. The van der Waals surface area contributed by atoms with Gasteiger partial charge in [0.1, 0.15) is 0 Å². The summed E-state index contributed by atoms with van der Waals surface area (Å²) in [4.78, 5) is 35.2. The van der Waals surface area contributed by atoms with E-state index in [9.17, 15) is 4.79 Å². The Morgan fingerprint density at radius 3 is 2.07 bits per heavy atom. The van der Waals surface area contributed by atoms with Crippen molar-refractivity contribution in [3.63, 3.8) is 0 Å². The second-order valence-corrected chi connectivity index (χ2v) is 13.3. The van der Waals surface area contributed by atoms with Crippen LogP contribution in [0.2, 0.25) is 0 Å². The molecule has 2 aliphatic rings. The summed E-state index contributed by atoms with van der Waals surface area (Å²) in [6, 6.07) is 21.2. The second-order valence-electron chi connectivity index (χ2n) is 12.3. The number of hydrogen-bond acceptors (Lipinski definition) is 7. The van der Waals surface area contributed by atoms with Crippen molar-refractivity contribution < 1.29 is 4.79 Å². The van der Waals surface area contributed by atoms with E-state index in [0.717, 1.165) is 86.1 Å². The fourth-order valence-electron chi connectivity index (χ4n) is 6.83. The van der Waals surface area contributed by atoms with Gasteiger partial charge in [0.25, 0.3) is 5.91 Å². The van der Waals surface area contributed by atoms with E-state index in [1.54, 1.807) is 11.3 Å². The van der Waals surface area contributed by atoms with Gasteiger partial charge in [-0.2, -0.15) is 0 Å². The number of anilines is 1. The zero-order chi connectivity index (χ0) is 30.0. The van der Waals surface area contributed by atoms with E-state index >= 15 is 0 Å². The molecule has 224 valence electrons. The lowest BCUT2D eigenvalue weighted by Crippen LogP contribution is -2.58. The zero-order valence-electron chi connectivity index (χ0n) is 25.8. The molecule has 7 nitrogen and oxygen atoms in total. The van der Waals surface area contributed by atoms with Crippen LogP contribution in [0.1, 0.15) is 65.1 Å². The molecule has 2 fully saturated rings. The molecule has 0 saturated carbocycles. The van der Waals surface area contributed by atoms with Crippen LogP contribution in [0, 0.1) is 20.8 Å². The van der Waals surface area contributed by atoms with Crippen molar-refractivity contribution >= 4 is 22.9 Å². The largest absolute Gasteiger partial charge is 0.363 e. The fraction of sp³-hybridized carbons (Fsp3) is 0.429. The number of aryl methyl sites for hydroxylation is 3. The number of nitrogens with zero attached hydrogens (tertiary/aromatic N) is 6. The van der Waals surface area contributed by atoms with Crippen LogP contribution >= 0.6 is 11.3 Å². The highest BCUT2D eigenvalue weighted by molar-refractivity contribution is 7.09. The Labute approximate surface area is 259 Å². The first kappa shape index (κ1) is 29.5. The third-order valence-electron chi connectivity index (χ3n) is 9.40. The molecule has 4 aromatic rings. The van der Waals surface area contributed by atoms with Crippen LogP contribution in [0.15, 0.2) is 66.0 Å². The highest BCUT2D eigenvalue weighted by atomic mass is 32.1. The number of rotatable bonds is 7. The number of aromatic nitrogens is 3. The summed E-state index contributed by atoms with van der Waals surface area (Å²) in [6.45, 7) is 12.8. The van der Waals surface area contributed by atoms with Gasteiger partial charge in [-0.25, -0.2) is 15.0 Å². The molecule has 0 aliphatic carbocycles. The molecule has 2 aromatic heterocycles. The van der Waals surface area contributed by atoms with E-state index in [4.69, 9.17) is 15.0 Å². The summed E-state index contributed by atoms with van der Waals surface area (Å²) in [5.41, 5.74) is 5.66. The van der Waals surface area contributed by atoms with Crippen molar-refractivity contribution in [2.75, 3.05) is 31.1 Å². The van der Waals surface area contributed by atoms with E-state index in [2.05, 4.69) is 59.4 Å². The van der Waals surface area contributed by atoms with E-state index in [1.165, 1.54) is 5.69 Å². The minimum absolute atomic E-state index is 0.0612. The predicted octanol–water partition coefficient (Wildman–Crippen LogP) is 6.69. The number of para-hydroxylation sites is 1. The van der Waals surface area contributed by atoms with Crippen molar-refractivity contribution in [2.45, 2.75) is 71.5 Å². The molecule has 0 radical (unpaired) electrons. The maximum atomic E-state index is 13.7. The number of likely N-dealkylation sites (tertiary alicyclic amines) is 2. The first-order valence-electron chi connectivity index (χ1n) is 15.5. The van der Waals surface area contributed by atoms with Gasteiger partial charge in [0.2, 0.25) is 0 Å². The number of carbonyl (C=O) groups excluding carboxylic acids is 1. The molecule has 1 amide bonds. The Bertz CT molecular complexity index is 1520. The minimum atomic E-state index is 0.0612. The molecule has 43 heavy (non-hydrogen) atoms. The van der Waals surface area contributed by atoms with Gasteiger partial charge in [0.05, 0.1) is 34.2 Å². The van der Waals surface area contributed by atoms with Crippen LogP contribution in [0.5, 0.6) is 0 Å². The summed E-state index contributed by atoms with van der Waals surface area (Å²) in [7, 11) is 0. The molecule has 2 aliphatic heterocycles. The van der Waals surface area contributed by atoms with Gasteiger partial charge in [-0.15, -0.1) is 11.3 Å². The average molecular weight is 595 g/mol. The van der Waals surface area contributed by atoms with Crippen molar-refractivity contribution in [2.24, 2.45) is 0 Å². The van der Waals surface area contributed by atoms with Gasteiger partial charge in [0.15, 0.2) is 5.82 Å². The number of amides is 1. The number of carbonyl (C=O) groups is 1. The Balaban J connectivity index is 1.08. The second kappa shape index (κ2) is 12.5. The molecule has 2 saturated heterocycles. The van der Waals surface area contributed by atoms with Gasteiger partial charge < -0.3 is 9.80 Å². The van der Waals surface area contributed by atoms with Crippen LogP contribution in [0.4, 0.5) is 5.69 Å². The Morgan fingerprint density at radius 1 is 0.884 bits per heavy atom. The first-order chi connectivity index (χ1) is 20.8. The summed E-state index contributed by atoms with van der Waals surface area (Å²) < 4.78 is 0. The van der Waals surface area contributed by atoms with E-state index in [-0.39, 0.29) is 11.4 Å². The van der Waals surface area contributed by atoms with Gasteiger partial charge in [-0.1, -0.05) is 48.5 Å². The normalized spacial score (nSPS) is 17.6. The zero-order valence-corrected chi connectivity index (χ0v) is 26.6. The first-order valence-corrected chi connectivity index (χ1v) is 16.4. The van der Waals surface area contributed by atoms with Gasteiger partial charge in [-0.05, 0) is 65.5 Å². The molecule has 0 spiro atoms. The Kier molecular flexibility index (Phi) is 8.59. The minimum Gasteiger partial charge on any atom is -0.363 e. The van der Waals surface area contributed by atoms with Gasteiger partial charge in [0, 0.05) is 54.4 Å². The average Bonchev–Trinajstić information content (AvgIpc) is 3.45. The van der Waals surface area contributed by atoms with Gasteiger partial charge in [-0.3, -0.25) is 9.69 Å². The third-order valence-corrected chi connectivity index (χ3v) is 10.2. The third kappa shape index (κ3) is 6.36.